The monoisotopic (exact) mass is 668 g/mol. The normalized spacial score (nSPS) is 11.5. The summed E-state index contributed by atoms with van der Waals surface area (Å²) in [5.74, 6) is 1.95. The molecule has 10 rings (SSSR count). The number of benzene rings is 7. The molecule has 0 saturated heterocycles. The summed E-state index contributed by atoms with van der Waals surface area (Å²) < 4.78 is 2.54. The van der Waals surface area contributed by atoms with E-state index in [4.69, 9.17) is 15.0 Å². The first-order valence-corrected chi connectivity index (χ1v) is 17.8. The Kier molecular flexibility index (Phi) is 6.96. The third kappa shape index (κ3) is 5.23. The highest BCUT2D eigenvalue weighted by Gasteiger charge is 2.17. The standard InChI is InChI=1S/C46H28N4S/c1-3-10-30(11-4-1)44-48-45(31-12-5-2-6-13-31)50-46(49-44)34-15-9-14-33(24-34)40-26-36(27-41-38-16-7-8-17-42(38)51-43(40)41)32-20-18-29-19-21-35-28-47-23-22-37(35)39(29)25-32/h1-28H. The fourth-order valence-electron chi connectivity index (χ4n) is 7.05. The van der Waals surface area contributed by atoms with Crippen molar-refractivity contribution in [2.45, 2.75) is 0 Å². The van der Waals surface area contributed by atoms with Crippen LogP contribution >= 0.6 is 11.3 Å². The smallest absolute Gasteiger partial charge is 0.164 e. The Morgan fingerprint density at radius 2 is 1.00 bits per heavy atom. The van der Waals surface area contributed by atoms with E-state index in [1.807, 2.05) is 84.4 Å². The maximum atomic E-state index is 5.03. The summed E-state index contributed by atoms with van der Waals surface area (Å²) in [5.41, 5.74) is 7.51. The van der Waals surface area contributed by atoms with Gasteiger partial charge < -0.3 is 0 Å². The molecule has 3 aromatic heterocycles. The quantitative estimate of drug-likeness (QED) is 0.171. The number of thiophene rings is 1. The van der Waals surface area contributed by atoms with Gasteiger partial charge in [0.2, 0.25) is 0 Å². The summed E-state index contributed by atoms with van der Waals surface area (Å²) in [7, 11) is 0. The molecule has 0 amide bonds. The van der Waals surface area contributed by atoms with Gasteiger partial charge in [-0.25, -0.2) is 15.0 Å². The first kappa shape index (κ1) is 29.4. The van der Waals surface area contributed by atoms with Crippen molar-refractivity contribution in [2.75, 3.05) is 0 Å². The zero-order chi connectivity index (χ0) is 33.7. The molecule has 0 atom stereocenters. The van der Waals surface area contributed by atoms with Crippen molar-refractivity contribution >= 4 is 53.1 Å². The lowest BCUT2D eigenvalue weighted by Gasteiger charge is -2.12. The molecule has 10 aromatic rings. The van der Waals surface area contributed by atoms with Crippen molar-refractivity contribution in [1.29, 1.82) is 0 Å². The number of hydrogen-bond acceptors (Lipinski definition) is 5. The molecule has 238 valence electrons. The Hall–Kier alpha value is -6.56. The van der Waals surface area contributed by atoms with Crippen molar-refractivity contribution in [3.05, 3.63) is 170 Å². The van der Waals surface area contributed by atoms with Gasteiger partial charge in [0.1, 0.15) is 0 Å². The Morgan fingerprint density at radius 1 is 0.373 bits per heavy atom. The molecule has 0 spiro atoms. The van der Waals surface area contributed by atoms with Crippen molar-refractivity contribution in [1.82, 2.24) is 19.9 Å². The molecule has 0 aliphatic rings. The van der Waals surface area contributed by atoms with Crippen molar-refractivity contribution in [3.8, 4) is 56.4 Å². The van der Waals surface area contributed by atoms with Crippen molar-refractivity contribution < 1.29 is 0 Å². The van der Waals surface area contributed by atoms with Gasteiger partial charge >= 0.3 is 0 Å². The maximum Gasteiger partial charge on any atom is 0.164 e. The van der Waals surface area contributed by atoms with E-state index in [1.165, 1.54) is 53.0 Å². The van der Waals surface area contributed by atoms with Gasteiger partial charge in [0.25, 0.3) is 0 Å². The Labute approximate surface area is 298 Å². The second-order valence-electron chi connectivity index (χ2n) is 12.7. The number of pyridine rings is 1. The highest BCUT2D eigenvalue weighted by Crippen LogP contribution is 2.44. The largest absolute Gasteiger partial charge is 0.264 e. The highest BCUT2D eigenvalue weighted by atomic mass is 32.1. The zero-order valence-corrected chi connectivity index (χ0v) is 28.2. The van der Waals surface area contributed by atoms with Crippen LogP contribution in [0.4, 0.5) is 0 Å². The minimum absolute atomic E-state index is 0.643. The molecule has 0 N–H and O–H groups in total. The molecule has 3 heterocycles. The third-order valence-corrected chi connectivity index (χ3v) is 10.8. The molecule has 0 radical (unpaired) electrons. The molecule has 0 bridgehead atoms. The van der Waals surface area contributed by atoms with Crippen LogP contribution < -0.4 is 0 Å². The molecule has 0 aliphatic heterocycles. The van der Waals surface area contributed by atoms with E-state index in [0.29, 0.717) is 17.5 Å². The summed E-state index contributed by atoms with van der Waals surface area (Å²) in [6, 6.07) is 55.5. The van der Waals surface area contributed by atoms with Crippen LogP contribution in [0.3, 0.4) is 0 Å². The van der Waals surface area contributed by atoms with Crippen LogP contribution in [0.25, 0.3) is 98.1 Å². The van der Waals surface area contributed by atoms with Gasteiger partial charge in [-0.2, -0.15) is 0 Å². The van der Waals surface area contributed by atoms with Crippen LogP contribution in [0.5, 0.6) is 0 Å². The lowest BCUT2D eigenvalue weighted by molar-refractivity contribution is 1.07. The molecular formula is C46H28N4S. The molecule has 4 nitrogen and oxygen atoms in total. The number of fused-ring (bicyclic) bond motifs is 6. The summed E-state index contributed by atoms with van der Waals surface area (Å²) in [6.07, 6.45) is 3.81. The first-order chi connectivity index (χ1) is 25.2. The molecule has 51 heavy (non-hydrogen) atoms. The summed E-state index contributed by atoms with van der Waals surface area (Å²) >= 11 is 1.84. The minimum Gasteiger partial charge on any atom is -0.264 e. The Bertz CT molecular complexity index is 2860. The minimum atomic E-state index is 0.643. The SMILES string of the molecule is c1ccc(-c2nc(-c3ccccc3)nc(-c3cccc(-c4cc(-c5ccc6ccc7cnccc7c6c5)cc5c4sc4ccccc45)c3)n2)cc1. The van der Waals surface area contributed by atoms with Crippen LogP contribution in [-0.2, 0) is 0 Å². The van der Waals surface area contributed by atoms with Crippen molar-refractivity contribution in [3.63, 3.8) is 0 Å². The first-order valence-electron chi connectivity index (χ1n) is 17.0. The summed E-state index contributed by atoms with van der Waals surface area (Å²) in [5, 5.41) is 7.32. The van der Waals surface area contributed by atoms with Gasteiger partial charge in [0.05, 0.1) is 0 Å². The fraction of sp³-hybridized carbons (Fsp3) is 0. The van der Waals surface area contributed by atoms with E-state index in [2.05, 4.69) is 102 Å². The van der Waals surface area contributed by atoms with Crippen LogP contribution in [0.1, 0.15) is 0 Å². The van der Waals surface area contributed by atoms with Crippen LogP contribution in [0.2, 0.25) is 0 Å². The van der Waals surface area contributed by atoms with Gasteiger partial charge in [-0.15, -0.1) is 11.3 Å². The van der Waals surface area contributed by atoms with E-state index in [1.54, 1.807) is 0 Å². The molecule has 0 fully saturated rings. The van der Waals surface area contributed by atoms with E-state index >= 15 is 0 Å². The fourth-order valence-corrected chi connectivity index (χ4v) is 8.27. The number of nitrogens with zero attached hydrogens (tertiary/aromatic N) is 4. The molecule has 0 aliphatic carbocycles. The van der Waals surface area contributed by atoms with E-state index in [0.717, 1.165) is 27.6 Å². The van der Waals surface area contributed by atoms with Gasteiger partial charge in [0, 0.05) is 60.2 Å². The van der Waals surface area contributed by atoms with Crippen LogP contribution in [0.15, 0.2) is 170 Å². The van der Waals surface area contributed by atoms with Gasteiger partial charge in [-0.1, -0.05) is 121 Å². The van der Waals surface area contributed by atoms with Crippen LogP contribution in [0, 0.1) is 0 Å². The topological polar surface area (TPSA) is 51.6 Å². The highest BCUT2D eigenvalue weighted by molar-refractivity contribution is 7.26. The predicted molar refractivity (Wildman–Crippen MR) is 213 cm³/mol. The van der Waals surface area contributed by atoms with E-state index in [-0.39, 0.29) is 0 Å². The predicted octanol–water partition coefficient (Wildman–Crippen LogP) is 12.3. The van der Waals surface area contributed by atoms with E-state index in [9.17, 15) is 0 Å². The second kappa shape index (κ2) is 12.1. The van der Waals surface area contributed by atoms with Gasteiger partial charge in [-0.05, 0) is 69.2 Å². The number of hydrogen-bond donors (Lipinski definition) is 0. The summed E-state index contributed by atoms with van der Waals surface area (Å²) in [4.78, 5) is 19.3. The average molecular weight is 669 g/mol. The molecule has 0 unspecified atom stereocenters. The molecular weight excluding hydrogens is 641 g/mol. The van der Waals surface area contributed by atoms with E-state index < -0.39 is 0 Å². The Balaban J connectivity index is 1.17. The maximum absolute atomic E-state index is 5.03. The molecule has 0 saturated carbocycles. The molecule has 5 heteroatoms. The molecule has 7 aromatic carbocycles. The lowest BCUT2D eigenvalue weighted by atomic mass is 9.93. The van der Waals surface area contributed by atoms with Crippen molar-refractivity contribution in [2.24, 2.45) is 0 Å². The average Bonchev–Trinajstić information content (AvgIpc) is 3.59. The zero-order valence-electron chi connectivity index (χ0n) is 27.4. The van der Waals surface area contributed by atoms with Gasteiger partial charge in [0.15, 0.2) is 17.5 Å². The Morgan fingerprint density at radius 3 is 1.78 bits per heavy atom. The number of rotatable bonds is 5. The summed E-state index contributed by atoms with van der Waals surface area (Å²) in [6.45, 7) is 0. The third-order valence-electron chi connectivity index (χ3n) is 9.58. The second-order valence-corrected chi connectivity index (χ2v) is 13.8. The number of aromatic nitrogens is 4. The lowest BCUT2D eigenvalue weighted by Crippen LogP contribution is -2.00. The van der Waals surface area contributed by atoms with Crippen LogP contribution in [-0.4, -0.2) is 19.9 Å². The van der Waals surface area contributed by atoms with Gasteiger partial charge in [-0.3, -0.25) is 4.98 Å².